The number of rotatable bonds is 6. The van der Waals surface area contributed by atoms with Gasteiger partial charge in [-0.2, -0.15) is 0 Å². The van der Waals surface area contributed by atoms with Gasteiger partial charge in [-0.3, -0.25) is 9.59 Å². The van der Waals surface area contributed by atoms with Crippen LogP contribution >= 0.6 is 0 Å². The largest absolute Gasteiger partial charge is 0.481 e. The average Bonchev–Trinajstić information content (AvgIpc) is 2.76. The normalized spacial score (nSPS) is 11.7. The Balaban J connectivity index is 2.55. The molecule has 0 unspecified atom stereocenters. The lowest BCUT2D eigenvalue weighted by Crippen LogP contribution is -2.14. The molecule has 2 aromatic rings. The Morgan fingerprint density at radius 1 is 1.27 bits per heavy atom. The number of sulfonamides is 1. The molecule has 0 aliphatic heterocycles. The van der Waals surface area contributed by atoms with Gasteiger partial charge in [0.25, 0.3) is 5.91 Å². The number of fused-ring (bicyclic) bond motifs is 1. The Kier molecular flexibility index (Phi) is 4.20. The molecule has 0 atom stereocenters. The zero-order valence-electron chi connectivity index (χ0n) is 11.5. The molecule has 0 saturated heterocycles. The van der Waals surface area contributed by atoms with E-state index in [0.29, 0.717) is 22.9 Å². The zero-order chi connectivity index (χ0) is 16.5. The Morgan fingerprint density at radius 3 is 2.50 bits per heavy atom. The van der Waals surface area contributed by atoms with Gasteiger partial charge in [0.05, 0.1) is 4.90 Å². The first kappa shape index (κ1) is 16.0. The third kappa shape index (κ3) is 3.26. The van der Waals surface area contributed by atoms with Crippen molar-refractivity contribution in [2.24, 2.45) is 10.9 Å². The van der Waals surface area contributed by atoms with E-state index in [4.69, 9.17) is 16.0 Å². The fourth-order valence-corrected chi connectivity index (χ4v) is 2.83. The summed E-state index contributed by atoms with van der Waals surface area (Å²) in [5.74, 6) is -1.65. The van der Waals surface area contributed by atoms with E-state index >= 15 is 0 Å². The summed E-state index contributed by atoms with van der Waals surface area (Å²) < 4.78 is 22.9. The minimum absolute atomic E-state index is 0.0697. The maximum Gasteiger partial charge on any atom is 0.303 e. The summed E-state index contributed by atoms with van der Waals surface area (Å²) >= 11 is 0. The Labute approximate surface area is 126 Å². The van der Waals surface area contributed by atoms with Gasteiger partial charge in [0, 0.05) is 17.3 Å². The molecule has 0 fully saturated rings. The van der Waals surface area contributed by atoms with Crippen LogP contribution in [0.25, 0.3) is 10.9 Å². The predicted molar refractivity (Wildman–Crippen MR) is 78.8 cm³/mol. The SMILES string of the molecule is NC(=O)c1[nH]c2ccc(S(N)(=O)=O)cc2c1CCCC(=O)O. The summed E-state index contributed by atoms with van der Waals surface area (Å²) in [4.78, 5) is 24.8. The van der Waals surface area contributed by atoms with Crippen LogP contribution in [-0.4, -0.2) is 30.4 Å². The number of nitrogens with two attached hydrogens (primary N) is 2. The number of carboxylic acid groups (broad SMARTS) is 1. The van der Waals surface area contributed by atoms with Crippen molar-refractivity contribution in [3.05, 3.63) is 29.5 Å². The van der Waals surface area contributed by atoms with E-state index in [1.807, 2.05) is 0 Å². The first-order valence-electron chi connectivity index (χ1n) is 6.39. The topological polar surface area (TPSA) is 156 Å². The van der Waals surface area contributed by atoms with Crippen molar-refractivity contribution in [2.45, 2.75) is 24.2 Å². The monoisotopic (exact) mass is 325 g/mol. The number of aromatic nitrogens is 1. The van der Waals surface area contributed by atoms with Gasteiger partial charge in [-0.05, 0) is 36.6 Å². The predicted octanol–water partition coefficient (Wildman–Crippen LogP) is 0.322. The number of nitrogens with one attached hydrogen (secondary N) is 1. The first-order valence-corrected chi connectivity index (χ1v) is 7.94. The van der Waals surface area contributed by atoms with Gasteiger partial charge < -0.3 is 15.8 Å². The molecule has 0 spiro atoms. The Hall–Kier alpha value is -2.39. The lowest BCUT2D eigenvalue weighted by atomic mass is 10.0. The van der Waals surface area contributed by atoms with Crippen LogP contribution in [0.15, 0.2) is 23.1 Å². The summed E-state index contributed by atoms with van der Waals surface area (Å²) in [6.45, 7) is 0. The fraction of sp³-hybridized carbons (Fsp3) is 0.231. The molecule has 0 saturated carbocycles. The van der Waals surface area contributed by atoms with E-state index in [9.17, 15) is 18.0 Å². The lowest BCUT2D eigenvalue weighted by Gasteiger charge is -2.02. The zero-order valence-corrected chi connectivity index (χ0v) is 12.3. The summed E-state index contributed by atoms with van der Waals surface area (Å²) in [7, 11) is -3.88. The van der Waals surface area contributed by atoms with E-state index in [0.717, 1.165) is 0 Å². The molecule has 0 aliphatic carbocycles. The summed E-state index contributed by atoms with van der Waals surface area (Å²) in [5, 5.41) is 14.3. The molecule has 1 aromatic carbocycles. The molecule has 0 bridgehead atoms. The molecule has 6 N–H and O–H groups in total. The van der Waals surface area contributed by atoms with Crippen molar-refractivity contribution in [3.8, 4) is 0 Å². The molecular weight excluding hydrogens is 310 g/mol. The highest BCUT2D eigenvalue weighted by Crippen LogP contribution is 2.26. The lowest BCUT2D eigenvalue weighted by molar-refractivity contribution is -0.137. The highest BCUT2D eigenvalue weighted by Gasteiger charge is 2.18. The van der Waals surface area contributed by atoms with Gasteiger partial charge in [0.1, 0.15) is 5.69 Å². The van der Waals surface area contributed by atoms with Crippen LogP contribution in [0.1, 0.15) is 28.9 Å². The smallest absolute Gasteiger partial charge is 0.303 e. The van der Waals surface area contributed by atoms with E-state index in [1.165, 1.54) is 18.2 Å². The van der Waals surface area contributed by atoms with Gasteiger partial charge in [-0.15, -0.1) is 0 Å². The number of hydrogen-bond acceptors (Lipinski definition) is 4. The summed E-state index contributed by atoms with van der Waals surface area (Å²) in [6, 6.07) is 4.16. The Morgan fingerprint density at radius 2 is 1.95 bits per heavy atom. The highest BCUT2D eigenvalue weighted by atomic mass is 32.2. The molecule has 118 valence electrons. The van der Waals surface area contributed by atoms with Crippen LogP contribution in [0.2, 0.25) is 0 Å². The molecule has 9 heteroatoms. The minimum atomic E-state index is -3.88. The number of H-pyrrole nitrogens is 1. The van der Waals surface area contributed by atoms with E-state index < -0.39 is 21.9 Å². The number of aromatic amines is 1. The van der Waals surface area contributed by atoms with Crippen LogP contribution in [0.4, 0.5) is 0 Å². The van der Waals surface area contributed by atoms with Crippen molar-refractivity contribution in [2.75, 3.05) is 0 Å². The van der Waals surface area contributed by atoms with Gasteiger partial charge in [0.2, 0.25) is 10.0 Å². The molecule has 1 amide bonds. The van der Waals surface area contributed by atoms with Gasteiger partial charge in [-0.1, -0.05) is 0 Å². The number of carbonyl (C=O) groups is 2. The molecule has 8 nitrogen and oxygen atoms in total. The molecule has 22 heavy (non-hydrogen) atoms. The number of carboxylic acids is 1. The van der Waals surface area contributed by atoms with Crippen molar-refractivity contribution in [1.29, 1.82) is 0 Å². The van der Waals surface area contributed by atoms with Crippen LogP contribution in [0.3, 0.4) is 0 Å². The summed E-state index contributed by atoms with van der Waals surface area (Å²) in [6.07, 6.45) is 0.501. The quantitative estimate of drug-likeness (QED) is 0.601. The number of primary sulfonamides is 1. The maximum atomic E-state index is 11.5. The number of primary amides is 1. The van der Waals surface area contributed by atoms with Gasteiger partial charge in [-0.25, -0.2) is 13.6 Å². The molecule has 0 aliphatic rings. The van der Waals surface area contributed by atoms with Crippen LogP contribution in [0.5, 0.6) is 0 Å². The number of amides is 1. The number of aliphatic carboxylic acids is 1. The molecule has 1 aromatic heterocycles. The summed E-state index contributed by atoms with van der Waals surface area (Å²) in [5.41, 5.74) is 6.48. The third-order valence-electron chi connectivity index (χ3n) is 3.27. The number of carbonyl (C=O) groups excluding carboxylic acids is 1. The number of aryl methyl sites for hydroxylation is 1. The van der Waals surface area contributed by atoms with Crippen molar-refractivity contribution in [3.63, 3.8) is 0 Å². The number of hydrogen-bond donors (Lipinski definition) is 4. The maximum absolute atomic E-state index is 11.5. The molecule has 2 rings (SSSR count). The number of benzene rings is 1. The molecule has 0 radical (unpaired) electrons. The minimum Gasteiger partial charge on any atom is -0.481 e. The average molecular weight is 325 g/mol. The molecular formula is C13H15N3O5S. The standard InChI is InChI=1S/C13H15N3O5S/c14-13(19)12-8(2-1-3-11(17)18)9-6-7(22(15,20)21)4-5-10(9)16-12/h4-6,16H,1-3H2,(H2,14,19)(H,17,18)(H2,15,20,21). The Bertz CT molecular complexity index is 854. The van der Waals surface area contributed by atoms with Gasteiger partial charge >= 0.3 is 5.97 Å². The van der Waals surface area contributed by atoms with Crippen molar-refractivity contribution < 1.29 is 23.1 Å². The second-order valence-electron chi connectivity index (χ2n) is 4.84. The highest BCUT2D eigenvalue weighted by molar-refractivity contribution is 7.89. The van der Waals surface area contributed by atoms with Crippen LogP contribution < -0.4 is 10.9 Å². The second kappa shape index (κ2) is 5.78. The fourth-order valence-electron chi connectivity index (χ4n) is 2.29. The first-order chi connectivity index (χ1) is 10.2. The van der Waals surface area contributed by atoms with Crippen molar-refractivity contribution in [1.82, 2.24) is 4.98 Å². The van der Waals surface area contributed by atoms with E-state index in [2.05, 4.69) is 4.98 Å². The second-order valence-corrected chi connectivity index (χ2v) is 6.40. The van der Waals surface area contributed by atoms with Gasteiger partial charge in [0.15, 0.2) is 0 Å². The van der Waals surface area contributed by atoms with E-state index in [1.54, 1.807) is 0 Å². The van der Waals surface area contributed by atoms with Crippen LogP contribution in [0, 0.1) is 0 Å². The van der Waals surface area contributed by atoms with Crippen molar-refractivity contribution >= 4 is 32.8 Å². The third-order valence-corrected chi connectivity index (χ3v) is 4.18. The van der Waals surface area contributed by atoms with E-state index in [-0.39, 0.29) is 23.4 Å². The van der Waals surface area contributed by atoms with Crippen LogP contribution in [-0.2, 0) is 21.2 Å². The molecule has 1 heterocycles.